The number of benzene rings is 2. The molecular weight excluding hydrogens is 314 g/mol. The Kier molecular flexibility index (Phi) is 3.25. The molecule has 2 aromatic carbocycles. The lowest BCUT2D eigenvalue weighted by Crippen LogP contribution is -1.88. The summed E-state index contributed by atoms with van der Waals surface area (Å²) in [6.07, 6.45) is 1.63. The maximum atomic E-state index is 10.2. The molecule has 108 valence electrons. The average Bonchev–Trinajstić information content (AvgIpc) is 3.09. The van der Waals surface area contributed by atoms with E-state index >= 15 is 0 Å². The molecule has 0 aliphatic carbocycles. The zero-order valence-corrected chi connectivity index (χ0v) is 13.0. The summed E-state index contributed by atoms with van der Waals surface area (Å²) in [6.45, 7) is 0. The van der Waals surface area contributed by atoms with Crippen molar-refractivity contribution in [1.82, 2.24) is 4.98 Å². The van der Waals surface area contributed by atoms with Crippen LogP contribution in [0.1, 0.15) is 4.88 Å². The van der Waals surface area contributed by atoms with Gasteiger partial charge in [0.25, 0.3) is 0 Å². The molecule has 0 unspecified atom stereocenters. The van der Waals surface area contributed by atoms with Gasteiger partial charge in [-0.1, -0.05) is 35.6 Å². The SMILES string of the molecule is Oc1c(C=NNc2nc3ccccc3s2)sc2ccccc12. The first-order valence-electron chi connectivity index (χ1n) is 6.66. The fraction of sp³-hybridized carbons (Fsp3) is 0. The van der Waals surface area contributed by atoms with E-state index < -0.39 is 0 Å². The van der Waals surface area contributed by atoms with Gasteiger partial charge < -0.3 is 5.11 Å². The van der Waals surface area contributed by atoms with E-state index in [9.17, 15) is 5.11 Å². The van der Waals surface area contributed by atoms with Gasteiger partial charge in [0.15, 0.2) is 0 Å². The third kappa shape index (κ3) is 2.32. The van der Waals surface area contributed by atoms with Crippen LogP contribution in [0.25, 0.3) is 20.3 Å². The lowest BCUT2D eigenvalue weighted by molar-refractivity contribution is 0.483. The predicted octanol–water partition coefficient (Wildman–Crippen LogP) is 4.66. The molecule has 0 amide bonds. The number of hydrogen-bond donors (Lipinski definition) is 2. The normalized spacial score (nSPS) is 11.6. The van der Waals surface area contributed by atoms with E-state index in [0.717, 1.165) is 30.3 Å². The molecule has 0 aliphatic heterocycles. The zero-order chi connectivity index (χ0) is 14.9. The van der Waals surface area contributed by atoms with Gasteiger partial charge in [0, 0.05) is 10.1 Å². The average molecular weight is 325 g/mol. The van der Waals surface area contributed by atoms with Gasteiger partial charge in [-0.05, 0) is 24.3 Å². The molecule has 0 saturated carbocycles. The summed E-state index contributed by atoms with van der Waals surface area (Å²) in [4.78, 5) is 5.17. The van der Waals surface area contributed by atoms with Crippen molar-refractivity contribution in [2.24, 2.45) is 5.10 Å². The second kappa shape index (κ2) is 5.40. The van der Waals surface area contributed by atoms with E-state index in [-0.39, 0.29) is 5.75 Å². The number of nitrogens with zero attached hydrogens (tertiary/aromatic N) is 2. The minimum atomic E-state index is 0.274. The molecule has 4 aromatic rings. The summed E-state index contributed by atoms with van der Waals surface area (Å²) in [5.41, 5.74) is 3.88. The summed E-state index contributed by atoms with van der Waals surface area (Å²) in [5, 5.41) is 16.0. The van der Waals surface area contributed by atoms with Gasteiger partial charge in [-0.2, -0.15) is 5.10 Å². The monoisotopic (exact) mass is 325 g/mol. The lowest BCUT2D eigenvalue weighted by Gasteiger charge is -1.92. The Labute approximate surface area is 134 Å². The van der Waals surface area contributed by atoms with Gasteiger partial charge in [-0.15, -0.1) is 11.3 Å². The third-order valence-corrected chi connectivity index (χ3v) is 5.27. The number of hydrogen-bond acceptors (Lipinski definition) is 6. The van der Waals surface area contributed by atoms with E-state index in [1.165, 1.54) is 11.3 Å². The summed E-state index contributed by atoms with van der Waals surface area (Å²) in [7, 11) is 0. The van der Waals surface area contributed by atoms with E-state index in [0.29, 0.717) is 0 Å². The van der Waals surface area contributed by atoms with Gasteiger partial charge in [0.2, 0.25) is 5.13 Å². The Morgan fingerprint density at radius 2 is 1.77 bits per heavy atom. The molecular formula is C16H11N3OS2. The van der Waals surface area contributed by atoms with Crippen LogP contribution in [0.5, 0.6) is 5.75 Å². The highest BCUT2D eigenvalue weighted by molar-refractivity contribution is 7.22. The highest BCUT2D eigenvalue weighted by Gasteiger charge is 2.08. The van der Waals surface area contributed by atoms with Crippen molar-refractivity contribution in [2.45, 2.75) is 0 Å². The van der Waals surface area contributed by atoms with E-state index in [1.807, 2.05) is 48.5 Å². The maximum Gasteiger partial charge on any atom is 0.204 e. The smallest absolute Gasteiger partial charge is 0.204 e. The molecule has 0 atom stereocenters. The van der Waals surface area contributed by atoms with Crippen LogP contribution in [0.4, 0.5) is 5.13 Å². The molecule has 0 radical (unpaired) electrons. The Morgan fingerprint density at radius 3 is 2.59 bits per heavy atom. The maximum absolute atomic E-state index is 10.2. The topological polar surface area (TPSA) is 57.5 Å². The van der Waals surface area contributed by atoms with Crippen molar-refractivity contribution in [3.05, 3.63) is 53.4 Å². The Bertz CT molecular complexity index is 954. The van der Waals surface area contributed by atoms with Crippen molar-refractivity contribution in [3.8, 4) is 5.75 Å². The lowest BCUT2D eigenvalue weighted by atomic mass is 10.2. The minimum absolute atomic E-state index is 0.274. The number of thiazole rings is 1. The van der Waals surface area contributed by atoms with Crippen LogP contribution in [0.2, 0.25) is 0 Å². The van der Waals surface area contributed by atoms with Crippen molar-refractivity contribution in [3.63, 3.8) is 0 Å². The standard InChI is InChI=1S/C16H11N3OS2/c20-15-10-5-1-3-7-12(10)21-14(15)9-17-19-16-18-11-6-2-4-8-13(11)22-16/h1-9,20H,(H,18,19). The number of nitrogens with one attached hydrogen (secondary N) is 1. The van der Waals surface area contributed by atoms with E-state index in [2.05, 4.69) is 15.5 Å². The molecule has 2 N–H and O–H groups in total. The first-order valence-corrected chi connectivity index (χ1v) is 8.30. The summed E-state index contributed by atoms with van der Waals surface area (Å²) in [5.74, 6) is 0.274. The number of thiophene rings is 1. The van der Waals surface area contributed by atoms with Crippen molar-refractivity contribution in [1.29, 1.82) is 0 Å². The quantitative estimate of drug-likeness (QED) is 0.425. The largest absolute Gasteiger partial charge is 0.506 e. The first-order chi connectivity index (χ1) is 10.8. The Balaban J connectivity index is 1.59. The van der Waals surface area contributed by atoms with Crippen LogP contribution >= 0.6 is 22.7 Å². The zero-order valence-electron chi connectivity index (χ0n) is 11.4. The number of hydrazone groups is 1. The number of aromatic hydroxyl groups is 1. The molecule has 0 bridgehead atoms. The van der Waals surface area contributed by atoms with E-state index in [4.69, 9.17) is 0 Å². The van der Waals surface area contributed by atoms with Crippen LogP contribution < -0.4 is 5.43 Å². The van der Waals surface area contributed by atoms with Crippen LogP contribution in [0.3, 0.4) is 0 Å². The van der Waals surface area contributed by atoms with E-state index in [1.54, 1.807) is 17.6 Å². The van der Waals surface area contributed by atoms with Crippen LogP contribution in [0, 0.1) is 0 Å². The van der Waals surface area contributed by atoms with Gasteiger partial charge in [-0.3, -0.25) is 5.43 Å². The molecule has 2 aromatic heterocycles. The van der Waals surface area contributed by atoms with Crippen LogP contribution in [0.15, 0.2) is 53.6 Å². The molecule has 0 spiro atoms. The highest BCUT2D eigenvalue weighted by Crippen LogP contribution is 2.35. The molecule has 0 saturated heterocycles. The molecule has 4 nitrogen and oxygen atoms in total. The minimum Gasteiger partial charge on any atom is -0.506 e. The fourth-order valence-corrected chi connectivity index (χ4v) is 3.99. The number of aromatic nitrogens is 1. The number of anilines is 1. The molecule has 0 aliphatic rings. The Morgan fingerprint density at radius 1 is 1.00 bits per heavy atom. The Hall–Kier alpha value is -2.44. The van der Waals surface area contributed by atoms with Gasteiger partial charge in [0.1, 0.15) is 5.75 Å². The van der Waals surface area contributed by atoms with Gasteiger partial charge in [0.05, 0.1) is 21.3 Å². The highest BCUT2D eigenvalue weighted by atomic mass is 32.1. The van der Waals surface area contributed by atoms with Crippen LogP contribution in [-0.2, 0) is 0 Å². The molecule has 2 heterocycles. The number of fused-ring (bicyclic) bond motifs is 2. The van der Waals surface area contributed by atoms with Gasteiger partial charge in [-0.25, -0.2) is 4.98 Å². The summed E-state index contributed by atoms with van der Waals surface area (Å²) < 4.78 is 2.16. The van der Waals surface area contributed by atoms with Crippen LogP contribution in [-0.4, -0.2) is 16.3 Å². The fourth-order valence-electron chi connectivity index (χ4n) is 2.20. The summed E-state index contributed by atoms with van der Waals surface area (Å²) in [6, 6.07) is 15.7. The molecule has 6 heteroatoms. The van der Waals surface area contributed by atoms with Crippen molar-refractivity contribution < 1.29 is 5.11 Å². The summed E-state index contributed by atoms with van der Waals surface area (Å²) >= 11 is 3.05. The number of para-hydroxylation sites is 1. The first kappa shape index (κ1) is 13.2. The second-order valence-corrected chi connectivity index (χ2v) is 6.78. The molecule has 22 heavy (non-hydrogen) atoms. The predicted molar refractivity (Wildman–Crippen MR) is 94.3 cm³/mol. The van der Waals surface area contributed by atoms with Crippen molar-refractivity contribution in [2.75, 3.05) is 5.43 Å². The van der Waals surface area contributed by atoms with Crippen molar-refractivity contribution >= 4 is 54.3 Å². The molecule has 4 rings (SSSR count). The van der Waals surface area contributed by atoms with Gasteiger partial charge >= 0.3 is 0 Å². The molecule has 0 fully saturated rings. The second-order valence-electron chi connectivity index (χ2n) is 4.67. The third-order valence-electron chi connectivity index (χ3n) is 3.23. The number of rotatable bonds is 3.